The third-order valence-corrected chi connectivity index (χ3v) is 4.05. The fourth-order valence-electron chi connectivity index (χ4n) is 2.92. The first-order valence-electron chi connectivity index (χ1n) is 6.74. The van der Waals surface area contributed by atoms with Gasteiger partial charge in [0.2, 0.25) is 0 Å². The Morgan fingerprint density at radius 2 is 2.53 bits per heavy atom. The number of hydrogen-bond donors (Lipinski definition) is 1. The Hall–Kier alpha value is -1.56. The summed E-state index contributed by atoms with van der Waals surface area (Å²) in [4.78, 5) is 6.67. The van der Waals surface area contributed by atoms with Crippen molar-refractivity contribution in [1.82, 2.24) is 15.4 Å². The fraction of sp³-hybridized carbons (Fsp3) is 0.692. The molecule has 1 spiro atoms. The van der Waals surface area contributed by atoms with Crippen LogP contribution in [-0.4, -0.2) is 49.4 Å². The molecule has 6 nitrogen and oxygen atoms in total. The highest BCUT2D eigenvalue weighted by Crippen LogP contribution is 2.38. The van der Waals surface area contributed by atoms with Crippen molar-refractivity contribution in [2.45, 2.75) is 19.4 Å². The van der Waals surface area contributed by atoms with E-state index in [-0.39, 0.29) is 0 Å². The number of aliphatic imine (C=N–C) groups is 1. The molecular formula is C13H20N4O2. The molecule has 1 aromatic heterocycles. The van der Waals surface area contributed by atoms with Gasteiger partial charge in [-0.1, -0.05) is 5.16 Å². The summed E-state index contributed by atoms with van der Waals surface area (Å²) >= 11 is 0. The minimum atomic E-state index is 0.353. The predicted molar refractivity (Wildman–Crippen MR) is 70.8 cm³/mol. The first-order valence-corrected chi connectivity index (χ1v) is 6.74. The van der Waals surface area contributed by atoms with Gasteiger partial charge in [0.25, 0.3) is 0 Å². The van der Waals surface area contributed by atoms with Crippen LogP contribution in [0.3, 0.4) is 0 Å². The Kier molecular flexibility index (Phi) is 3.42. The summed E-state index contributed by atoms with van der Waals surface area (Å²) in [5.41, 5.74) is 1.24. The Morgan fingerprint density at radius 1 is 1.58 bits per heavy atom. The van der Waals surface area contributed by atoms with E-state index in [1.807, 2.05) is 13.1 Å². The van der Waals surface area contributed by atoms with Gasteiger partial charge in [-0.3, -0.25) is 4.99 Å². The van der Waals surface area contributed by atoms with Crippen LogP contribution in [0.1, 0.15) is 18.5 Å². The summed E-state index contributed by atoms with van der Waals surface area (Å²) in [5.74, 6) is 0.937. The number of rotatable bonds is 2. The van der Waals surface area contributed by atoms with E-state index in [9.17, 15) is 0 Å². The fourth-order valence-corrected chi connectivity index (χ4v) is 2.92. The molecule has 2 aliphatic heterocycles. The van der Waals surface area contributed by atoms with Gasteiger partial charge in [-0.25, -0.2) is 0 Å². The Bertz CT molecular complexity index is 438. The molecule has 1 atom stereocenters. The zero-order valence-corrected chi connectivity index (χ0v) is 11.3. The molecule has 3 rings (SSSR count). The van der Waals surface area contributed by atoms with Crippen LogP contribution in [0.15, 0.2) is 21.8 Å². The van der Waals surface area contributed by atoms with Crippen molar-refractivity contribution in [2.75, 3.05) is 33.4 Å². The van der Waals surface area contributed by atoms with E-state index in [1.54, 1.807) is 6.26 Å². The molecule has 1 aromatic rings. The zero-order valence-electron chi connectivity index (χ0n) is 11.3. The normalized spacial score (nSPS) is 27.4. The number of guanidine groups is 1. The van der Waals surface area contributed by atoms with Crippen LogP contribution < -0.4 is 5.32 Å². The molecule has 0 aliphatic carbocycles. The molecule has 1 N–H and O–H groups in total. The third kappa shape index (κ3) is 2.58. The number of nitrogens with one attached hydrogen (secondary N) is 1. The van der Waals surface area contributed by atoms with Crippen molar-refractivity contribution in [1.29, 1.82) is 0 Å². The molecular weight excluding hydrogens is 244 g/mol. The van der Waals surface area contributed by atoms with Crippen molar-refractivity contribution >= 4 is 5.96 Å². The molecule has 0 aromatic carbocycles. The van der Waals surface area contributed by atoms with Gasteiger partial charge in [0.1, 0.15) is 12.0 Å². The Balaban J connectivity index is 1.58. The van der Waals surface area contributed by atoms with E-state index in [1.165, 1.54) is 12.8 Å². The van der Waals surface area contributed by atoms with Crippen LogP contribution in [0.2, 0.25) is 0 Å². The lowest BCUT2D eigenvalue weighted by atomic mass is 9.87. The molecule has 3 heterocycles. The van der Waals surface area contributed by atoms with Gasteiger partial charge in [-0.15, -0.1) is 0 Å². The second-order valence-corrected chi connectivity index (χ2v) is 5.37. The number of aromatic nitrogens is 1. The molecule has 0 radical (unpaired) electrons. The second kappa shape index (κ2) is 5.21. The number of likely N-dealkylation sites (tertiary alicyclic amines) is 1. The van der Waals surface area contributed by atoms with E-state index < -0.39 is 0 Å². The van der Waals surface area contributed by atoms with Crippen LogP contribution in [0.25, 0.3) is 0 Å². The van der Waals surface area contributed by atoms with E-state index in [2.05, 4.69) is 20.4 Å². The Morgan fingerprint density at radius 3 is 3.21 bits per heavy atom. The minimum Gasteiger partial charge on any atom is -0.381 e. The molecule has 1 unspecified atom stereocenters. The summed E-state index contributed by atoms with van der Waals surface area (Å²) in [6.07, 6.45) is 3.95. The lowest BCUT2D eigenvalue weighted by molar-refractivity contribution is 0.156. The van der Waals surface area contributed by atoms with Gasteiger partial charge < -0.3 is 19.5 Å². The monoisotopic (exact) mass is 264 g/mol. The van der Waals surface area contributed by atoms with Crippen LogP contribution in [0.4, 0.5) is 0 Å². The first-order chi connectivity index (χ1) is 9.31. The van der Waals surface area contributed by atoms with E-state index >= 15 is 0 Å². The number of nitrogens with zero attached hydrogens (tertiary/aromatic N) is 3. The van der Waals surface area contributed by atoms with Gasteiger partial charge in [-0.2, -0.15) is 0 Å². The summed E-state index contributed by atoms with van der Waals surface area (Å²) in [6, 6.07) is 1.86. The molecule has 19 heavy (non-hydrogen) atoms. The molecule has 2 saturated heterocycles. The average Bonchev–Trinajstić information content (AvgIpc) is 3.15. The topological polar surface area (TPSA) is 62.9 Å². The second-order valence-electron chi connectivity index (χ2n) is 5.37. The zero-order chi connectivity index (χ0) is 13.1. The smallest absolute Gasteiger partial charge is 0.193 e. The minimum absolute atomic E-state index is 0.353. The van der Waals surface area contributed by atoms with Crippen LogP contribution >= 0.6 is 0 Å². The molecule has 0 amide bonds. The van der Waals surface area contributed by atoms with Crippen LogP contribution in [-0.2, 0) is 11.3 Å². The van der Waals surface area contributed by atoms with Crippen LogP contribution in [0, 0.1) is 5.41 Å². The summed E-state index contributed by atoms with van der Waals surface area (Å²) < 4.78 is 10.4. The highest BCUT2D eigenvalue weighted by Gasteiger charge is 2.42. The number of hydrogen-bond acceptors (Lipinski definition) is 4. The maximum absolute atomic E-state index is 5.55. The van der Waals surface area contributed by atoms with Crippen LogP contribution in [0.5, 0.6) is 0 Å². The van der Waals surface area contributed by atoms with Crippen molar-refractivity contribution in [2.24, 2.45) is 10.4 Å². The quantitative estimate of drug-likeness (QED) is 0.634. The highest BCUT2D eigenvalue weighted by molar-refractivity contribution is 5.80. The highest BCUT2D eigenvalue weighted by atomic mass is 16.5. The van der Waals surface area contributed by atoms with Gasteiger partial charge >= 0.3 is 0 Å². The van der Waals surface area contributed by atoms with Gasteiger partial charge in [0.05, 0.1) is 13.2 Å². The lowest BCUT2D eigenvalue weighted by Crippen LogP contribution is -2.41. The molecule has 0 bridgehead atoms. The van der Waals surface area contributed by atoms with E-state index in [0.717, 1.165) is 38.0 Å². The first kappa shape index (κ1) is 12.5. The van der Waals surface area contributed by atoms with Crippen molar-refractivity contribution in [3.05, 3.63) is 18.0 Å². The maximum Gasteiger partial charge on any atom is 0.193 e. The SMILES string of the molecule is CN=C(NCc1ccon1)N1CCC2(CCOC2)C1. The molecule has 2 aliphatic rings. The van der Waals surface area contributed by atoms with E-state index in [0.29, 0.717) is 12.0 Å². The largest absolute Gasteiger partial charge is 0.381 e. The molecule has 2 fully saturated rings. The van der Waals surface area contributed by atoms with Crippen molar-refractivity contribution in [3.8, 4) is 0 Å². The summed E-state index contributed by atoms with van der Waals surface area (Å²) in [5, 5.41) is 7.22. The number of ether oxygens (including phenoxy) is 1. The summed E-state index contributed by atoms with van der Waals surface area (Å²) in [6.45, 7) is 4.51. The molecule has 0 saturated carbocycles. The molecule has 104 valence electrons. The van der Waals surface area contributed by atoms with Gasteiger partial charge in [-0.05, 0) is 12.8 Å². The van der Waals surface area contributed by atoms with Gasteiger partial charge in [0.15, 0.2) is 5.96 Å². The van der Waals surface area contributed by atoms with E-state index in [4.69, 9.17) is 9.26 Å². The maximum atomic E-state index is 5.55. The third-order valence-electron chi connectivity index (χ3n) is 4.05. The average molecular weight is 264 g/mol. The Labute approximate surface area is 112 Å². The lowest BCUT2D eigenvalue weighted by Gasteiger charge is -2.24. The van der Waals surface area contributed by atoms with Crippen molar-refractivity contribution < 1.29 is 9.26 Å². The molecule has 6 heteroatoms. The van der Waals surface area contributed by atoms with Crippen molar-refractivity contribution in [3.63, 3.8) is 0 Å². The predicted octanol–water partition coefficient (Wildman–Crippen LogP) is 0.862. The summed E-state index contributed by atoms with van der Waals surface area (Å²) in [7, 11) is 1.82. The van der Waals surface area contributed by atoms with Gasteiger partial charge in [0, 0.05) is 38.2 Å². The standard InChI is InChI=1S/C13H20N4O2/c1-14-12(15-8-11-2-6-19-16-11)17-5-3-13(9-17)4-7-18-10-13/h2,6H,3-5,7-10H2,1H3,(H,14,15).